The van der Waals surface area contributed by atoms with Gasteiger partial charge in [0.05, 0.1) is 0 Å². The minimum atomic E-state index is -0.345. The molecule has 72 valence electrons. The van der Waals surface area contributed by atoms with Crippen molar-refractivity contribution in [2.24, 2.45) is 0 Å². The third kappa shape index (κ3) is 1.27. The number of nitrogens with one attached hydrogen (secondary N) is 3. The van der Waals surface area contributed by atoms with E-state index >= 15 is 0 Å². The number of likely N-dealkylation sites (N-methyl/N-ethyl adjacent to an activating group) is 1. The monoisotopic (exact) mass is 184 g/mol. The third-order valence-electron chi connectivity index (χ3n) is 2.41. The zero-order chi connectivity index (χ0) is 9.42. The van der Waals surface area contributed by atoms with E-state index in [0.717, 1.165) is 13.1 Å². The molecule has 6 nitrogen and oxygen atoms in total. The van der Waals surface area contributed by atoms with Gasteiger partial charge in [-0.2, -0.15) is 0 Å². The van der Waals surface area contributed by atoms with Gasteiger partial charge in [0.25, 0.3) is 0 Å². The zero-order valence-electron chi connectivity index (χ0n) is 7.33. The molecule has 2 aliphatic heterocycles. The molecule has 0 spiro atoms. The van der Waals surface area contributed by atoms with Gasteiger partial charge in [-0.3, -0.25) is 15.4 Å². The number of imide groups is 1. The fourth-order valence-corrected chi connectivity index (χ4v) is 1.67. The number of carbonyl (C=O) groups is 2. The molecule has 2 fully saturated rings. The molecule has 0 bridgehead atoms. The fraction of sp³-hybridized carbons (Fsp3) is 0.714. The highest BCUT2D eigenvalue weighted by Gasteiger charge is 2.40. The number of amides is 3. The molecule has 3 amide bonds. The quantitative estimate of drug-likeness (QED) is 0.409. The van der Waals surface area contributed by atoms with Gasteiger partial charge in [0.2, 0.25) is 5.91 Å². The Hall–Kier alpha value is -1.14. The van der Waals surface area contributed by atoms with Crippen molar-refractivity contribution in [2.45, 2.75) is 12.2 Å². The number of piperazine rings is 1. The lowest BCUT2D eigenvalue weighted by molar-refractivity contribution is -0.126. The number of carbonyl (C=O) groups excluding carboxylic acids is 2. The maximum absolute atomic E-state index is 11.3. The Kier molecular flexibility index (Phi) is 1.93. The van der Waals surface area contributed by atoms with E-state index in [9.17, 15) is 9.59 Å². The highest BCUT2D eigenvalue weighted by Crippen LogP contribution is 2.08. The number of hydrogen-bond acceptors (Lipinski definition) is 4. The highest BCUT2D eigenvalue weighted by molar-refractivity contribution is 6.00. The molecule has 0 saturated carbocycles. The van der Waals surface area contributed by atoms with Gasteiger partial charge < -0.3 is 10.2 Å². The Labute approximate surface area is 75.6 Å². The summed E-state index contributed by atoms with van der Waals surface area (Å²) in [6.07, 6.45) is -0.213. The van der Waals surface area contributed by atoms with Crippen LogP contribution >= 0.6 is 0 Å². The number of urea groups is 1. The molecule has 0 aromatic heterocycles. The van der Waals surface area contributed by atoms with E-state index in [4.69, 9.17) is 0 Å². The molecule has 2 aliphatic rings. The predicted molar refractivity (Wildman–Crippen MR) is 44.9 cm³/mol. The molecule has 6 heteroatoms. The molecule has 2 atom stereocenters. The lowest BCUT2D eigenvalue weighted by Gasteiger charge is -2.41. The summed E-state index contributed by atoms with van der Waals surface area (Å²) in [6.45, 7) is 1.52. The van der Waals surface area contributed by atoms with Crippen LogP contribution in [-0.4, -0.2) is 49.2 Å². The van der Waals surface area contributed by atoms with Crippen molar-refractivity contribution in [1.29, 1.82) is 0 Å². The maximum Gasteiger partial charge on any atom is 0.325 e. The SMILES string of the molecule is CN1C(=O)NC(=O)C2NCCNC21. The van der Waals surface area contributed by atoms with Crippen LogP contribution in [0.4, 0.5) is 4.79 Å². The van der Waals surface area contributed by atoms with Gasteiger partial charge in [-0.25, -0.2) is 4.79 Å². The smallest absolute Gasteiger partial charge is 0.310 e. The molecule has 13 heavy (non-hydrogen) atoms. The molecular formula is C7H12N4O2. The summed E-state index contributed by atoms with van der Waals surface area (Å²) in [6, 6.07) is -0.668. The largest absolute Gasteiger partial charge is 0.325 e. The summed E-state index contributed by atoms with van der Waals surface area (Å²) in [5, 5.41) is 8.44. The van der Waals surface area contributed by atoms with Crippen LogP contribution in [-0.2, 0) is 4.79 Å². The summed E-state index contributed by atoms with van der Waals surface area (Å²) >= 11 is 0. The van der Waals surface area contributed by atoms with Crippen molar-refractivity contribution in [3.8, 4) is 0 Å². The van der Waals surface area contributed by atoms with Crippen LogP contribution in [0.3, 0.4) is 0 Å². The van der Waals surface area contributed by atoms with E-state index in [-0.39, 0.29) is 24.1 Å². The summed E-state index contributed by atoms with van der Waals surface area (Å²) < 4.78 is 0. The van der Waals surface area contributed by atoms with Gasteiger partial charge in [0, 0.05) is 20.1 Å². The van der Waals surface area contributed by atoms with Crippen LogP contribution < -0.4 is 16.0 Å². The van der Waals surface area contributed by atoms with E-state index in [1.165, 1.54) is 4.90 Å². The Morgan fingerprint density at radius 1 is 1.31 bits per heavy atom. The molecule has 2 rings (SSSR count). The van der Waals surface area contributed by atoms with Crippen LogP contribution in [0.1, 0.15) is 0 Å². The minimum absolute atomic E-state index is 0.213. The molecule has 2 unspecified atom stereocenters. The fourth-order valence-electron chi connectivity index (χ4n) is 1.67. The maximum atomic E-state index is 11.3. The molecule has 2 saturated heterocycles. The normalized spacial score (nSPS) is 34.1. The van der Waals surface area contributed by atoms with Crippen molar-refractivity contribution in [2.75, 3.05) is 20.1 Å². The van der Waals surface area contributed by atoms with E-state index in [2.05, 4.69) is 16.0 Å². The van der Waals surface area contributed by atoms with Crippen LogP contribution in [0.15, 0.2) is 0 Å². The van der Waals surface area contributed by atoms with E-state index in [1.807, 2.05) is 0 Å². The number of hydrogen-bond donors (Lipinski definition) is 3. The Morgan fingerprint density at radius 2 is 2.00 bits per heavy atom. The number of nitrogens with zero attached hydrogens (tertiary/aromatic N) is 1. The van der Waals surface area contributed by atoms with Gasteiger partial charge in [-0.15, -0.1) is 0 Å². The topological polar surface area (TPSA) is 73.5 Å². The number of rotatable bonds is 0. The van der Waals surface area contributed by atoms with Crippen LogP contribution in [0.5, 0.6) is 0 Å². The Bertz CT molecular complexity index is 255. The van der Waals surface area contributed by atoms with Gasteiger partial charge in [0.15, 0.2) is 0 Å². The van der Waals surface area contributed by atoms with E-state index in [0.29, 0.717) is 0 Å². The van der Waals surface area contributed by atoms with Crippen molar-refractivity contribution in [3.63, 3.8) is 0 Å². The summed E-state index contributed by atoms with van der Waals surface area (Å²) in [4.78, 5) is 24.0. The second-order valence-electron chi connectivity index (χ2n) is 3.24. The average molecular weight is 184 g/mol. The second-order valence-corrected chi connectivity index (χ2v) is 3.24. The van der Waals surface area contributed by atoms with Gasteiger partial charge in [-0.1, -0.05) is 0 Å². The number of fused-ring (bicyclic) bond motifs is 1. The summed E-state index contributed by atoms with van der Waals surface area (Å²) in [7, 11) is 1.67. The van der Waals surface area contributed by atoms with Crippen LogP contribution in [0, 0.1) is 0 Å². The van der Waals surface area contributed by atoms with Crippen LogP contribution in [0.2, 0.25) is 0 Å². The lowest BCUT2D eigenvalue weighted by atomic mass is 10.1. The van der Waals surface area contributed by atoms with Crippen molar-refractivity contribution < 1.29 is 9.59 Å². The molecule has 2 heterocycles. The molecule has 0 aromatic carbocycles. The molecule has 0 radical (unpaired) electrons. The predicted octanol–water partition coefficient (Wildman–Crippen LogP) is -1.94. The molecule has 3 N–H and O–H groups in total. The standard InChI is InChI=1S/C7H12N4O2/c1-11-5-4(8-2-3-9-5)6(12)10-7(11)13/h4-5,8-9H,2-3H2,1H3,(H,10,12,13). The van der Waals surface area contributed by atoms with Crippen molar-refractivity contribution in [3.05, 3.63) is 0 Å². The van der Waals surface area contributed by atoms with Crippen LogP contribution in [0.25, 0.3) is 0 Å². The van der Waals surface area contributed by atoms with Gasteiger partial charge in [-0.05, 0) is 0 Å². The van der Waals surface area contributed by atoms with Gasteiger partial charge in [0.1, 0.15) is 12.2 Å². The van der Waals surface area contributed by atoms with E-state index in [1.54, 1.807) is 7.05 Å². The van der Waals surface area contributed by atoms with Crippen molar-refractivity contribution >= 4 is 11.9 Å². The van der Waals surface area contributed by atoms with Crippen molar-refractivity contribution in [1.82, 2.24) is 20.9 Å². The minimum Gasteiger partial charge on any atom is -0.310 e. The second kappa shape index (κ2) is 2.97. The summed E-state index contributed by atoms with van der Waals surface area (Å²) in [5.74, 6) is -0.250. The third-order valence-corrected chi connectivity index (χ3v) is 2.41. The summed E-state index contributed by atoms with van der Waals surface area (Å²) in [5.41, 5.74) is 0. The first-order chi connectivity index (χ1) is 6.20. The molecule has 0 aromatic rings. The zero-order valence-corrected chi connectivity index (χ0v) is 7.33. The van der Waals surface area contributed by atoms with E-state index < -0.39 is 0 Å². The first kappa shape index (κ1) is 8.46. The first-order valence-corrected chi connectivity index (χ1v) is 4.24. The van der Waals surface area contributed by atoms with Gasteiger partial charge >= 0.3 is 6.03 Å². The lowest BCUT2D eigenvalue weighted by Crippen LogP contribution is -2.73. The average Bonchev–Trinajstić information content (AvgIpc) is 2.15. The first-order valence-electron chi connectivity index (χ1n) is 4.24. The highest BCUT2D eigenvalue weighted by atomic mass is 16.2. The Morgan fingerprint density at radius 3 is 2.77 bits per heavy atom. The molecule has 0 aliphatic carbocycles. The Balaban J connectivity index is 2.19. The molecular weight excluding hydrogens is 172 g/mol.